The molecule has 1 amide bonds. The maximum Gasteiger partial charge on any atom is 0.226 e. The van der Waals surface area contributed by atoms with Gasteiger partial charge in [0.2, 0.25) is 5.91 Å². The van der Waals surface area contributed by atoms with Crippen molar-refractivity contribution < 1.29 is 19.0 Å². The topological polar surface area (TPSA) is 68.8 Å². The third kappa shape index (κ3) is 3.79. The van der Waals surface area contributed by atoms with Gasteiger partial charge in [0.1, 0.15) is 18.5 Å². The molecule has 1 aromatic carbocycles. The maximum absolute atomic E-state index is 13.0. The van der Waals surface area contributed by atoms with Crippen LogP contribution in [0.25, 0.3) is 0 Å². The smallest absolute Gasteiger partial charge is 0.226 e. The van der Waals surface area contributed by atoms with Crippen LogP contribution in [0.4, 0.5) is 0 Å². The molecule has 4 saturated carbocycles. The molecule has 1 aliphatic heterocycles. The lowest BCUT2D eigenvalue weighted by Crippen LogP contribution is -2.54. The molecule has 0 radical (unpaired) electrons. The van der Waals surface area contributed by atoms with Gasteiger partial charge < -0.3 is 24.8 Å². The Hall–Kier alpha value is -1.95. The number of methoxy groups -OCH3 is 1. The van der Waals surface area contributed by atoms with Crippen molar-refractivity contribution in [1.29, 1.82) is 0 Å². The molecule has 0 spiro atoms. The van der Waals surface area contributed by atoms with Crippen LogP contribution in [0, 0.1) is 23.2 Å². The highest BCUT2D eigenvalue weighted by molar-refractivity contribution is 5.83. The van der Waals surface area contributed by atoms with Crippen LogP contribution in [-0.2, 0) is 4.79 Å². The largest absolute Gasteiger partial charge is 0.497 e. The van der Waals surface area contributed by atoms with Crippen molar-refractivity contribution in [3.63, 3.8) is 0 Å². The second-order valence-corrected chi connectivity index (χ2v) is 9.52. The molecule has 0 saturated heterocycles. The van der Waals surface area contributed by atoms with Crippen molar-refractivity contribution in [2.24, 2.45) is 23.2 Å². The quantitative estimate of drug-likeness (QED) is 0.689. The van der Waals surface area contributed by atoms with E-state index in [0.717, 1.165) is 60.8 Å². The van der Waals surface area contributed by atoms with E-state index in [1.807, 2.05) is 18.2 Å². The Morgan fingerprint density at radius 1 is 1.10 bits per heavy atom. The first-order chi connectivity index (χ1) is 14.1. The lowest BCUT2D eigenvalue weighted by atomic mass is 9.49. The molecular formula is C23H32N2O4. The van der Waals surface area contributed by atoms with Crippen molar-refractivity contribution in [3.05, 3.63) is 18.2 Å². The Morgan fingerprint density at radius 2 is 1.83 bits per heavy atom. The number of hydrogen-bond acceptors (Lipinski definition) is 5. The Bertz CT molecular complexity index is 730. The average molecular weight is 401 g/mol. The molecule has 1 heterocycles. The van der Waals surface area contributed by atoms with Gasteiger partial charge in [-0.2, -0.15) is 0 Å². The molecule has 4 bridgehead atoms. The van der Waals surface area contributed by atoms with E-state index in [4.69, 9.17) is 14.2 Å². The number of amides is 1. The predicted octanol–water partition coefficient (Wildman–Crippen LogP) is 2.76. The lowest BCUT2D eigenvalue weighted by Gasteiger charge is -2.55. The summed E-state index contributed by atoms with van der Waals surface area (Å²) in [5.74, 6) is 4.94. The summed E-state index contributed by atoms with van der Waals surface area (Å²) in [6.07, 6.45) is 7.41. The number of carbonyl (C=O) groups is 1. The Labute approximate surface area is 172 Å². The minimum Gasteiger partial charge on any atom is -0.497 e. The molecule has 6 rings (SSSR count). The van der Waals surface area contributed by atoms with Crippen molar-refractivity contribution in [2.75, 3.05) is 33.4 Å². The molecule has 1 atom stereocenters. The summed E-state index contributed by atoms with van der Waals surface area (Å²) in [6, 6.07) is 5.60. The fourth-order valence-electron chi connectivity index (χ4n) is 6.43. The molecule has 1 aromatic rings. The van der Waals surface area contributed by atoms with Crippen molar-refractivity contribution in [2.45, 2.75) is 44.6 Å². The first kappa shape index (κ1) is 19.0. The van der Waals surface area contributed by atoms with E-state index in [-0.39, 0.29) is 11.5 Å². The van der Waals surface area contributed by atoms with Crippen LogP contribution < -0.4 is 24.8 Å². The standard InChI is InChI=1S/C23H32N2O4/c1-27-18-2-3-20-21(9-18)29-19(14-28-20)13-24-4-5-25-22(26)23-10-15-6-16(11-23)8-17(7-15)12-23/h2-3,9,15-17,19,24H,4-8,10-14H2,1H3,(H,25,26). The summed E-state index contributed by atoms with van der Waals surface area (Å²) in [6.45, 7) is 2.61. The van der Waals surface area contributed by atoms with Gasteiger partial charge in [-0.1, -0.05) is 0 Å². The number of nitrogens with one attached hydrogen (secondary N) is 2. The Balaban J connectivity index is 1.05. The molecule has 2 N–H and O–H groups in total. The third-order valence-corrected chi connectivity index (χ3v) is 7.35. The number of fused-ring (bicyclic) bond motifs is 1. The fourth-order valence-corrected chi connectivity index (χ4v) is 6.43. The second kappa shape index (κ2) is 7.71. The van der Waals surface area contributed by atoms with E-state index in [9.17, 15) is 4.79 Å². The number of carbonyl (C=O) groups excluding carboxylic acids is 1. The van der Waals surface area contributed by atoms with Gasteiger partial charge in [-0.05, 0) is 68.4 Å². The van der Waals surface area contributed by atoms with Gasteiger partial charge in [0.15, 0.2) is 11.5 Å². The Kier molecular flexibility index (Phi) is 5.06. The highest BCUT2D eigenvalue weighted by Crippen LogP contribution is 2.60. The average Bonchev–Trinajstić information content (AvgIpc) is 2.71. The van der Waals surface area contributed by atoms with Gasteiger partial charge in [0, 0.05) is 31.1 Å². The zero-order chi connectivity index (χ0) is 19.8. The maximum atomic E-state index is 13.0. The van der Waals surface area contributed by atoms with Gasteiger partial charge in [0.05, 0.1) is 7.11 Å². The van der Waals surface area contributed by atoms with Gasteiger partial charge in [-0.15, -0.1) is 0 Å². The van der Waals surface area contributed by atoms with E-state index >= 15 is 0 Å². The number of ether oxygens (including phenoxy) is 3. The minimum absolute atomic E-state index is 0.0477. The highest BCUT2D eigenvalue weighted by Gasteiger charge is 2.54. The zero-order valence-electron chi connectivity index (χ0n) is 17.2. The van der Waals surface area contributed by atoms with E-state index < -0.39 is 0 Å². The van der Waals surface area contributed by atoms with Gasteiger partial charge in [-0.25, -0.2) is 0 Å². The predicted molar refractivity (Wildman–Crippen MR) is 109 cm³/mol. The molecule has 1 unspecified atom stereocenters. The van der Waals surface area contributed by atoms with Gasteiger partial charge >= 0.3 is 0 Å². The van der Waals surface area contributed by atoms with Crippen molar-refractivity contribution >= 4 is 5.91 Å². The molecule has 6 heteroatoms. The van der Waals surface area contributed by atoms with Gasteiger partial charge in [0.25, 0.3) is 0 Å². The molecule has 0 aromatic heterocycles. The first-order valence-corrected chi connectivity index (χ1v) is 11.1. The van der Waals surface area contributed by atoms with Crippen molar-refractivity contribution in [3.8, 4) is 17.2 Å². The first-order valence-electron chi connectivity index (χ1n) is 11.1. The van der Waals surface area contributed by atoms with Crippen LogP contribution in [0.5, 0.6) is 17.2 Å². The number of hydrogen-bond donors (Lipinski definition) is 2. The molecule has 4 fully saturated rings. The summed E-state index contributed by atoms with van der Waals surface area (Å²) in [5, 5.41) is 6.61. The summed E-state index contributed by atoms with van der Waals surface area (Å²) < 4.78 is 17.0. The fraction of sp³-hybridized carbons (Fsp3) is 0.696. The third-order valence-electron chi connectivity index (χ3n) is 7.35. The van der Waals surface area contributed by atoms with Crippen LogP contribution in [0.3, 0.4) is 0 Å². The molecular weight excluding hydrogens is 368 g/mol. The summed E-state index contributed by atoms with van der Waals surface area (Å²) in [4.78, 5) is 13.0. The van der Waals surface area contributed by atoms with Crippen LogP contribution in [0.15, 0.2) is 18.2 Å². The van der Waals surface area contributed by atoms with Crippen LogP contribution >= 0.6 is 0 Å². The Morgan fingerprint density at radius 3 is 2.52 bits per heavy atom. The zero-order valence-corrected chi connectivity index (χ0v) is 17.2. The van der Waals surface area contributed by atoms with E-state index in [1.165, 1.54) is 19.3 Å². The van der Waals surface area contributed by atoms with E-state index in [0.29, 0.717) is 25.6 Å². The summed E-state index contributed by atoms with van der Waals surface area (Å²) in [5.41, 5.74) is -0.0577. The summed E-state index contributed by atoms with van der Waals surface area (Å²) in [7, 11) is 1.64. The molecule has 5 aliphatic rings. The lowest BCUT2D eigenvalue weighted by molar-refractivity contribution is -0.146. The second-order valence-electron chi connectivity index (χ2n) is 9.52. The molecule has 6 nitrogen and oxygen atoms in total. The van der Waals surface area contributed by atoms with E-state index in [2.05, 4.69) is 10.6 Å². The highest BCUT2D eigenvalue weighted by atomic mass is 16.6. The van der Waals surface area contributed by atoms with Crippen LogP contribution in [0.2, 0.25) is 0 Å². The van der Waals surface area contributed by atoms with Gasteiger partial charge in [-0.3, -0.25) is 4.79 Å². The normalized spacial score (nSPS) is 34.1. The number of rotatable bonds is 7. The van der Waals surface area contributed by atoms with Crippen LogP contribution in [0.1, 0.15) is 38.5 Å². The monoisotopic (exact) mass is 400 g/mol. The van der Waals surface area contributed by atoms with E-state index in [1.54, 1.807) is 7.11 Å². The molecule has 4 aliphatic carbocycles. The number of benzene rings is 1. The van der Waals surface area contributed by atoms with Crippen molar-refractivity contribution in [1.82, 2.24) is 10.6 Å². The summed E-state index contributed by atoms with van der Waals surface area (Å²) >= 11 is 0. The molecule has 29 heavy (non-hydrogen) atoms. The minimum atomic E-state index is -0.0577. The van der Waals surface area contributed by atoms with Crippen LogP contribution in [-0.4, -0.2) is 45.4 Å². The molecule has 158 valence electrons. The SMILES string of the molecule is COc1ccc2c(c1)OC(CNCCNC(=O)C13CC4CC(CC(C4)C1)C3)CO2.